The molecule has 1 rings (SSSR count). The second-order valence-electron chi connectivity index (χ2n) is 3.51. The van der Waals surface area contributed by atoms with Gasteiger partial charge in [-0.3, -0.25) is 4.68 Å². The van der Waals surface area contributed by atoms with E-state index in [0.29, 0.717) is 23.0 Å². The molecule has 1 heterocycles. The van der Waals surface area contributed by atoms with Crippen molar-refractivity contribution in [2.24, 2.45) is 0 Å². The first-order valence-electron chi connectivity index (χ1n) is 5.01. The smallest absolute Gasteiger partial charge is 0.133 e. The molecular formula is C10H17ClN2O2. The van der Waals surface area contributed by atoms with Crippen LogP contribution in [0.2, 0.25) is 5.15 Å². The number of aliphatic hydroxyl groups excluding tert-OH is 1. The van der Waals surface area contributed by atoms with Gasteiger partial charge in [-0.05, 0) is 13.3 Å². The van der Waals surface area contributed by atoms with Crippen LogP contribution in [-0.2, 0) is 18.0 Å². The lowest BCUT2D eigenvalue weighted by Gasteiger charge is -2.10. The van der Waals surface area contributed by atoms with Gasteiger partial charge in [-0.1, -0.05) is 18.5 Å². The van der Waals surface area contributed by atoms with Crippen LogP contribution in [0.4, 0.5) is 0 Å². The van der Waals surface area contributed by atoms with E-state index in [-0.39, 0.29) is 12.6 Å². The van der Waals surface area contributed by atoms with E-state index in [1.54, 1.807) is 11.8 Å². The second kappa shape index (κ2) is 5.49. The molecule has 15 heavy (non-hydrogen) atoms. The Balaban J connectivity index is 3.08. The van der Waals surface area contributed by atoms with Crippen LogP contribution in [0.25, 0.3) is 0 Å². The van der Waals surface area contributed by atoms with Gasteiger partial charge < -0.3 is 9.84 Å². The average molecular weight is 233 g/mol. The molecule has 0 aliphatic heterocycles. The summed E-state index contributed by atoms with van der Waals surface area (Å²) >= 11 is 6.12. The average Bonchev–Trinajstić information content (AvgIpc) is 2.55. The molecule has 0 aliphatic carbocycles. The van der Waals surface area contributed by atoms with Crippen LogP contribution in [-0.4, -0.2) is 22.0 Å². The number of nitrogens with zero attached hydrogens (tertiary/aromatic N) is 2. The van der Waals surface area contributed by atoms with Crippen LogP contribution in [0.5, 0.6) is 0 Å². The molecule has 1 N–H and O–H groups in total. The highest BCUT2D eigenvalue weighted by atomic mass is 35.5. The number of hydrogen-bond donors (Lipinski definition) is 1. The summed E-state index contributed by atoms with van der Waals surface area (Å²) in [5.41, 5.74) is 1.38. The molecule has 4 nitrogen and oxygen atoms in total. The van der Waals surface area contributed by atoms with Gasteiger partial charge in [0.2, 0.25) is 0 Å². The Morgan fingerprint density at radius 1 is 1.60 bits per heavy atom. The van der Waals surface area contributed by atoms with Crippen LogP contribution >= 0.6 is 11.6 Å². The second-order valence-corrected chi connectivity index (χ2v) is 3.87. The number of aromatic nitrogens is 2. The van der Waals surface area contributed by atoms with Crippen LogP contribution in [0.15, 0.2) is 0 Å². The Labute approximate surface area is 94.8 Å². The zero-order valence-corrected chi connectivity index (χ0v) is 10.1. The third kappa shape index (κ3) is 2.51. The molecule has 0 bridgehead atoms. The van der Waals surface area contributed by atoms with Gasteiger partial charge in [0.05, 0.1) is 24.9 Å². The molecule has 1 aromatic heterocycles. The minimum atomic E-state index is -0.103. The van der Waals surface area contributed by atoms with Crippen LogP contribution in [0.3, 0.4) is 0 Å². The maximum atomic E-state index is 9.20. The summed E-state index contributed by atoms with van der Waals surface area (Å²) in [5, 5.41) is 14.1. The molecule has 1 unspecified atom stereocenters. The molecule has 0 saturated heterocycles. The fourth-order valence-corrected chi connectivity index (χ4v) is 1.74. The first-order valence-corrected chi connectivity index (χ1v) is 5.39. The number of ether oxygens (including phenoxy) is 1. The number of aliphatic hydroxyl groups is 1. The first-order chi connectivity index (χ1) is 7.15. The summed E-state index contributed by atoms with van der Waals surface area (Å²) in [6.45, 7) is 4.38. The van der Waals surface area contributed by atoms with Gasteiger partial charge in [-0.2, -0.15) is 5.10 Å². The fourth-order valence-electron chi connectivity index (χ4n) is 1.37. The summed E-state index contributed by atoms with van der Waals surface area (Å²) in [6, 6.07) is 0.230. The van der Waals surface area contributed by atoms with Crippen molar-refractivity contribution in [1.82, 2.24) is 9.78 Å². The summed E-state index contributed by atoms with van der Waals surface area (Å²) < 4.78 is 6.74. The van der Waals surface area contributed by atoms with Crippen molar-refractivity contribution in [3.63, 3.8) is 0 Å². The standard InChI is InChI=1S/C10H17ClN2O2/c1-4-7(2)13-10(11)8(5-14)9(12-13)6-15-3/h7,14H,4-6H2,1-3H3. The molecule has 5 heteroatoms. The van der Waals surface area contributed by atoms with Gasteiger partial charge in [-0.15, -0.1) is 0 Å². The third-order valence-corrected chi connectivity index (χ3v) is 2.88. The lowest BCUT2D eigenvalue weighted by atomic mass is 10.2. The minimum absolute atomic E-state index is 0.103. The predicted molar refractivity (Wildman–Crippen MR) is 58.9 cm³/mol. The Morgan fingerprint density at radius 3 is 2.73 bits per heavy atom. The molecule has 86 valence electrons. The van der Waals surface area contributed by atoms with Gasteiger partial charge in [0.15, 0.2) is 0 Å². The van der Waals surface area contributed by atoms with E-state index in [2.05, 4.69) is 12.0 Å². The molecule has 0 aromatic carbocycles. The molecule has 1 atom stereocenters. The largest absolute Gasteiger partial charge is 0.391 e. The van der Waals surface area contributed by atoms with Crippen LogP contribution < -0.4 is 0 Å². The molecule has 1 aromatic rings. The summed E-state index contributed by atoms with van der Waals surface area (Å²) in [6.07, 6.45) is 0.943. The predicted octanol–water partition coefficient (Wildman–Crippen LogP) is 2.15. The van der Waals surface area contributed by atoms with Gasteiger partial charge in [0.25, 0.3) is 0 Å². The van der Waals surface area contributed by atoms with E-state index in [1.807, 2.05) is 6.92 Å². The first kappa shape index (κ1) is 12.5. The highest BCUT2D eigenvalue weighted by molar-refractivity contribution is 6.30. The normalized spacial score (nSPS) is 13.1. The van der Waals surface area contributed by atoms with Crippen molar-refractivity contribution in [3.8, 4) is 0 Å². The molecule has 0 saturated carbocycles. The lowest BCUT2D eigenvalue weighted by molar-refractivity contribution is 0.177. The van der Waals surface area contributed by atoms with Crippen molar-refractivity contribution >= 4 is 11.6 Å². The van der Waals surface area contributed by atoms with E-state index in [4.69, 9.17) is 16.3 Å². The Kier molecular flexibility index (Phi) is 4.57. The fraction of sp³-hybridized carbons (Fsp3) is 0.700. The third-order valence-electron chi connectivity index (χ3n) is 2.47. The summed E-state index contributed by atoms with van der Waals surface area (Å²) in [4.78, 5) is 0. The zero-order valence-electron chi connectivity index (χ0n) is 9.33. The Bertz CT molecular complexity index is 325. The maximum absolute atomic E-state index is 9.20. The monoisotopic (exact) mass is 232 g/mol. The van der Waals surface area contributed by atoms with Crippen molar-refractivity contribution < 1.29 is 9.84 Å². The lowest BCUT2D eigenvalue weighted by Crippen LogP contribution is -2.06. The van der Waals surface area contributed by atoms with Crippen LogP contribution in [0, 0.1) is 0 Å². The number of halogens is 1. The van der Waals surface area contributed by atoms with E-state index in [9.17, 15) is 5.11 Å². The zero-order chi connectivity index (χ0) is 11.4. The summed E-state index contributed by atoms with van der Waals surface area (Å²) in [7, 11) is 1.59. The highest BCUT2D eigenvalue weighted by Crippen LogP contribution is 2.25. The highest BCUT2D eigenvalue weighted by Gasteiger charge is 2.17. The van der Waals surface area contributed by atoms with Gasteiger partial charge in [0, 0.05) is 12.7 Å². The van der Waals surface area contributed by atoms with Crippen molar-refractivity contribution in [2.75, 3.05) is 7.11 Å². The van der Waals surface area contributed by atoms with E-state index in [0.717, 1.165) is 6.42 Å². The number of rotatable bonds is 5. The van der Waals surface area contributed by atoms with E-state index >= 15 is 0 Å². The molecule has 0 spiro atoms. The Morgan fingerprint density at radius 2 is 2.27 bits per heavy atom. The maximum Gasteiger partial charge on any atom is 0.133 e. The van der Waals surface area contributed by atoms with E-state index in [1.165, 1.54) is 0 Å². The molecular weight excluding hydrogens is 216 g/mol. The SMILES string of the molecule is CCC(C)n1nc(COC)c(CO)c1Cl. The van der Waals surface area contributed by atoms with Gasteiger partial charge in [0.1, 0.15) is 5.15 Å². The topological polar surface area (TPSA) is 47.3 Å². The molecule has 0 fully saturated rings. The number of hydrogen-bond acceptors (Lipinski definition) is 3. The van der Waals surface area contributed by atoms with Crippen LogP contribution in [0.1, 0.15) is 37.6 Å². The Hall–Kier alpha value is -0.580. The minimum Gasteiger partial charge on any atom is -0.391 e. The van der Waals surface area contributed by atoms with E-state index < -0.39 is 0 Å². The molecule has 0 radical (unpaired) electrons. The quantitative estimate of drug-likeness (QED) is 0.846. The van der Waals surface area contributed by atoms with Crippen molar-refractivity contribution in [3.05, 3.63) is 16.4 Å². The molecule has 0 amide bonds. The number of methoxy groups -OCH3 is 1. The summed E-state index contributed by atoms with van der Waals surface area (Å²) in [5.74, 6) is 0. The van der Waals surface area contributed by atoms with Gasteiger partial charge in [-0.25, -0.2) is 0 Å². The molecule has 0 aliphatic rings. The van der Waals surface area contributed by atoms with Gasteiger partial charge >= 0.3 is 0 Å². The van der Waals surface area contributed by atoms with Crippen molar-refractivity contribution in [2.45, 2.75) is 39.5 Å². The van der Waals surface area contributed by atoms with Crippen molar-refractivity contribution in [1.29, 1.82) is 0 Å².